The Balaban J connectivity index is 2.05. The van der Waals surface area contributed by atoms with Crippen LogP contribution in [0, 0.1) is 0 Å². The normalized spacial score (nSPS) is 19.4. The number of amides is 2. The predicted octanol–water partition coefficient (Wildman–Crippen LogP) is 1.00. The number of nitrogens with zero attached hydrogens (tertiary/aromatic N) is 3. The van der Waals surface area contributed by atoms with Crippen molar-refractivity contribution < 1.29 is 18.8 Å². The smallest absolute Gasteiger partial charge is 0.245 e. The quantitative estimate of drug-likeness (QED) is 0.783. The average molecular weight is 309 g/mol. The van der Waals surface area contributed by atoms with Gasteiger partial charge in [-0.05, 0) is 6.92 Å². The molecule has 1 saturated heterocycles. The first kappa shape index (κ1) is 16.5. The van der Waals surface area contributed by atoms with Crippen molar-refractivity contribution in [2.45, 2.75) is 39.3 Å². The van der Waals surface area contributed by atoms with Gasteiger partial charge in [0.1, 0.15) is 17.5 Å². The van der Waals surface area contributed by atoms with Crippen LogP contribution in [0.5, 0.6) is 0 Å². The second-order valence-corrected chi connectivity index (χ2v) is 5.83. The molecule has 0 aliphatic carbocycles. The molecule has 0 N–H and O–H groups in total. The van der Waals surface area contributed by atoms with Crippen molar-refractivity contribution in [1.82, 2.24) is 15.0 Å². The van der Waals surface area contributed by atoms with Crippen LogP contribution in [0.4, 0.5) is 0 Å². The molecular weight excluding hydrogens is 286 g/mol. The van der Waals surface area contributed by atoms with Crippen molar-refractivity contribution in [2.75, 3.05) is 26.8 Å². The van der Waals surface area contributed by atoms with Crippen LogP contribution in [0.25, 0.3) is 0 Å². The van der Waals surface area contributed by atoms with E-state index in [1.807, 2.05) is 19.9 Å². The zero-order valence-corrected chi connectivity index (χ0v) is 13.5. The number of carbonyl (C=O) groups excluding carboxylic acids is 2. The van der Waals surface area contributed by atoms with Crippen molar-refractivity contribution in [3.63, 3.8) is 0 Å². The highest BCUT2D eigenvalue weighted by atomic mass is 16.5. The number of methoxy groups -OCH3 is 1. The van der Waals surface area contributed by atoms with E-state index in [2.05, 4.69) is 5.16 Å². The van der Waals surface area contributed by atoms with Crippen LogP contribution in [0.15, 0.2) is 10.6 Å². The summed E-state index contributed by atoms with van der Waals surface area (Å²) in [6.07, 6.45) is 0. The summed E-state index contributed by atoms with van der Waals surface area (Å²) >= 11 is 0. The Labute approximate surface area is 130 Å². The molecule has 0 radical (unpaired) electrons. The number of hydrogen-bond donors (Lipinski definition) is 0. The molecular formula is C15H23N3O4. The third kappa shape index (κ3) is 3.47. The summed E-state index contributed by atoms with van der Waals surface area (Å²) < 4.78 is 10.2. The molecule has 0 aromatic carbocycles. The topological polar surface area (TPSA) is 75.9 Å². The lowest BCUT2D eigenvalue weighted by atomic mass is 10.1. The number of rotatable bonds is 6. The fraction of sp³-hybridized carbons (Fsp3) is 0.667. The van der Waals surface area contributed by atoms with Crippen LogP contribution >= 0.6 is 0 Å². The minimum Gasteiger partial charge on any atom is -0.383 e. The molecule has 122 valence electrons. The van der Waals surface area contributed by atoms with E-state index >= 15 is 0 Å². The second-order valence-electron chi connectivity index (χ2n) is 5.83. The van der Waals surface area contributed by atoms with Gasteiger partial charge in [-0.2, -0.15) is 0 Å². The van der Waals surface area contributed by atoms with Gasteiger partial charge < -0.3 is 19.1 Å². The van der Waals surface area contributed by atoms with Crippen LogP contribution in [-0.2, 0) is 20.9 Å². The number of aromatic nitrogens is 1. The van der Waals surface area contributed by atoms with E-state index in [-0.39, 0.29) is 24.3 Å². The van der Waals surface area contributed by atoms with E-state index in [9.17, 15) is 9.59 Å². The summed E-state index contributed by atoms with van der Waals surface area (Å²) in [6, 6.07) is 1.34. The number of carbonyl (C=O) groups is 2. The maximum Gasteiger partial charge on any atom is 0.245 e. The molecule has 7 nitrogen and oxygen atoms in total. The molecule has 0 spiro atoms. The molecule has 0 unspecified atom stereocenters. The molecule has 2 heterocycles. The van der Waals surface area contributed by atoms with Gasteiger partial charge in [-0.15, -0.1) is 0 Å². The summed E-state index contributed by atoms with van der Waals surface area (Å²) in [5.41, 5.74) is 0.669. The van der Waals surface area contributed by atoms with E-state index in [1.165, 1.54) is 4.90 Å². The van der Waals surface area contributed by atoms with Gasteiger partial charge in [-0.25, -0.2) is 0 Å². The Morgan fingerprint density at radius 3 is 2.77 bits per heavy atom. The van der Waals surface area contributed by atoms with Crippen LogP contribution in [-0.4, -0.2) is 59.6 Å². The Bertz CT molecular complexity index is 541. The highest BCUT2D eigenvalue weighted by molar-refractivity contribution is 5.94. The summed E-state index contributed by atoms with van der Waals surface area (Å²) in [4.78, 5) is 27.7. The lowest BCUT2D eigenvalue weighted by Gasteiger charge is -2.38. The zero-order valence-electron chi connectivity index (χ0n) is 13.5. The van der Waals surface area contributed by atoms with Gasteiger partial charge in [0.2, 0.25) is 11.8 Å². The minimum atomic E-state index is -0.502. The Hall–Kier alpha value is -1.89. The van der Waals surface area contributed by atoms with E-state index in [4.69, 9.17) is 9.26 Å². The average Bonchev–Trinajstić information content (AvgIpc) is 2.95. The molecule has 7 heteroatoms. The molecule has 2 amide bonds. The molecule has 1 fully saturated rings. The SMILES string of the molecule is COCCN1CC(=O)N(Cc2cc(C(C)C)on2)[C@@H](C)C1=O. The van der Waals surface area contributed by atoms with Gasteiger partial charge in [0.25, 0.3) is 0 Å². The van der Waals surface area contributed by atoms with Crippen LogP contribution < -0.4 is 0 Å². The molecule has 2 rings (SSSR count). The van der Waals surface area contributed by atoms with Crippen molar-refractivity contribution >= 4 is 11.8 Å². The van der Waals surface area contributed by atoms with E-state index in [0.717, 1.165) is 5.76 Å². The summed E-state index contributed by atoms with van der Waals surface area (Å²) in [6.45, 7) is 6.99. The van der Waals surface area contributed by atoms with Gasteiger partial charge in [0, 0.05) is 25.6 Å². The zero-order chi connectivity index (χ0) is 16.3. The molecule has 1 aromatic heterocycles. The Morgan fingerprint density at radius 2 is 2.18 bits per heavy atom. The van der Waals surface area contributed by atoms with E-state index in [0.29, 0.717) is 25.4 Å². The van der Waals surface area contributed by atoms with Crippen molar-refractivity contribution in [2.24, 2.45) is 0 Å². The third-order valence-electron chi connectivity index (χ3n) is 3.83. The number of piperazine rings is 1. The fourth-order valence-corrected chi connectivity index (χ4v) is 2.41. The summed E-state index contributed by atoms with van der Waals surface area (Å²) in [5.74, 6) is 0.864. The van der Waals surface area contributed by atoms with Gasteiger partial charge in [-0.1, -0.05) is 19.0 Å². The molecule has 0 bridgehead atoms. The lowest BCUT2D eigenvalue weighted by Crippen LogP contribution is -2.58. The monoisotopic (exact) mass is 309 g/mol. The third-order valence-corrected chi connectivity index (χ3v) is 3.83. The molecule has 0 saturated carbocycles. The maximum atomic E-state index is 12.3. The van der Waals surface area contributed by atoms with Crippen LogP contribution in [0.1, 0.15) is 38.1 Å². The van der Waals surface area contributed by atoms with Gasteiger partial charge in [0.15, 0.2) is 0 Å². The minimum absolute atomic E-state index is 0.0655. The largest absolute Gasteiger partial charge is 0.383 e. The predicted molar refractivity (Wildman–Crippen MR) is 79.1 cm³/mol. The van der Waals surface area contributed by atoms with E-state index < -0.39 is 6.04 Å². The maximum absolute atomic E-state index is 12.3. The fourth-order valence-electron chi connectivity index (χ4n) is 2.41. The van der Waals surface area contributed by atoms with E-state index in [1.54, 1.807) is 18.9 Å². The molecule has 1 atom stereocenters. The first-order valence-corrected chi connectivity index (χ1v) is 7.46. The molecule has 1 aromatic rings. The first-order valence-electron chi connectivity index (χ1n) is 7.46. The highest BCUT2D eigenvalue weighted by Gasteiger charge is 2.36. The van der Waals surface area contributed by atoms with Crippen LogP contribution in [0.2, 0.25) is 0 Å². The molecule has 1 aliphatic rings. The van der Waals surface area contributed by atoms with Crippen molar-refractivity contribution in [3.8, 4) is 0 Å². The lowest BCUT2D eigenvalue weighted by molar-refractivity contribution is -0.156. The Morgan fingerprint density at radius 1 is 1.45 bits per heavy atom. The van der Waals surface area contributed by atoms with Crippen molar-refractivity contribution in [3.05, 3.63) is 17.5 Å². The number of ether oxygens (including phenoxy) is 1. The summed E-state index contributed by atoms with van der Waals surface area (Å²) in [5, 5.41) is 3.98. The standard InChI is InChI=1S/C15H23N3O4/c1-10(2)13-7-12(16-22-13)8-18-11(3)15(20)17(5-6-21-4)9-14(18)19/h7,10-11H,5-6,8-9H2,1-4H3/t11-/m0/s1. The first-order chi connectivity index (χ1) is 10.4. The van der Waals surface area contributed by atoms with Gasteiger partial charge in [-0.3, -0.25) is 9.59 Å². The second kappa shape index (κ2) is 6.91. The number of hydrogen-bond acceptors (Lipinski definition) is 5. The van der Waals surface area contributed by atoms with Crippen LogP contribution in [0.3, 0.4) is 0 Å². The Kier molecular flexibility index (Phi) is 5.18. The highest BCUT2D eigenvalue weighted by Crippen LogP contribution is 2.19. The summed E-state index contributed by atoms with van der Waals surface area (Å²) in [7, 11) is 1.57. The molecule has 22 heavy (non-hydrogen) atoms. The molecule has 1 aliphatic heterocycles. The van der Waals surface area contributed by atoms with Gasteiger partial charge in [0.05, 0.1) is 19.7 Å². The van der Waals surface area contributed by atoms with Gasteiger partial charge >= 0.3 is 0 Å². The van der Waals surface area contributed by atoms with Crippen molar-refractivity contribution in [1.29, 1.82) is 0 Å².